The van der Waals surface area contributed by atoms with Crippen LogP contribution in [0.25, 0.3) is 0 Å². The Hall–Kier alpha value is -2.92. The lowest BCUT2D eigenvalue weighted by molar-refractivity contribution is -0.143. The molecular weight excluding hydrogens is 332 g/mol. The van der Waals surface area contributed by atoms with Crippen molar-refractivity contribution in [2.75, 3.05) is 13.2 Å². The van der Waals surface area contributed by atoms with Gasteiger partial charge in [-0.3, -0.25) is 4.79 Å². The highest BCUT2D eigenvalue weighted by molar-refractivity contribution is 6.08. The molecule has 2 aromatic rings. The predicted molar refractivity (Wildman–Crippen MR) is 98.1 cm³/mol. The highest BCUT2D eigenvalue weighted by atomic mass is 16.7. The summed E-state index contributed by atoms with van der Waals surface area (Å²) in [6.07, 6.45) is -0.519. The topological polar surface area (TPSA) is 61.8 Å². The first kappa shape index (κ1) is 19.4. The molecule has 136 valence electrons. The SMILES string of the molecule is C=C(C)C(=O)OCCOC(C)Oc1ccc(C(=O)c2ccccc2)cc1. The van der Waals surface area contributed by atoms with Gasteiger partial charge in [-0.25, -0.2) is 4.79 Å². The van der Waals surface area contributed by atoms with Crippen LogP contribution in [0.15, 0.2) is 66.7 Å². The Morgan fingerprint density at radius 3 is 2.19 bits per heavy atom. The molecule has 0 amide bonds. The lowest BCUT2D eigenvalue weighted by Crippen LogP contribution is -2.20. The Morgan fingerprint density at radius 2 is 1.58 bits per heavy atom. The van der Waals surface area contributed by atoms with Gasteiger partial charge in [0.1, 0.15) is 12.4 Å². The molecule has 0 saturated carbocycles. The van der Waals surface area contributed by atoms with E-state index in [0.717, 1.165) is 0 Å². The second-order valence-electron chi connectivity index (χ2n) is 5.69. The van der Waals surface area contributed by atoms with Crippen molar-refractivity contribution in [3.8, 4) is 5.75 Å². The predicted octanol–water partition coefficient (Wildman–Crippen LogP) is 3.78. The second-order valence-corrected chi connectivity index (χ2v) is 5.69. The zero-order valence-electron chi connectivity index (χ0n) is 14.9. The molecule has 0 aliphatic heterocycles. The molecule has 0 aromatic heterocycles. The van der Waals surface area contributed by atoms with Crippen molar-refractivity contribution in [3.63, 3.8) is 0 Å². The minimum atomic E-state index is -0.519. The van der Waals surface area contributed by atoms with Crippen molar-refractivity contribution in [1.82, 2.24) is 0 Å². The number of rotatable bonds is 9. The Labute approximate surface area is 153 Å². The third kappa shape index (κ3) is 5.86. The van der Waals surface area contributed by atoms with Crippen LogP contribution in [0.4, 0.5) is 0 Å². The van der Waals surface area contributed by atoms with E-state index in [1.165, 1.54) is 0 Å². The molecule has 0 spiro atoms. The molecule has 0 saturated heterocycles. The van der Waals surface area contributed by atoms with Gasteiger partial charge in [0.05, 0.1) is 6.61 Å². The van der Waals surface area contributed by atoms with E-state index in [1.54, 1.807) is 50.2 Å². The zero-order valence-corrected chi connectivity index (χ0v) is 14.9. The zero-order chi connectivity index (χ0) is 18.9. The Balaban J connectivity index is 1.80. The minimum Gasteiger partial charge on any atom is -0.465 e. The van der Waals surface area contributed by atoms with E-state index in [-0.39, 0.29) is 19.0 Å². The summed E-state index contributed by atoms with van der Waals surface area (Å²) in [4.78, 5) is 23.6. The normalized spacial score (nSPS) is 11.5. The second kappa shape index (κ2) is 9.53. The first-order chi connectivity index (χ1) is 12.5. The molecule has 0 bridgehead atoms. The number of carbonyl (C=O) groups is 2. The van der Waals surface area contributed by atoms with Crippen LogP contribution in [-0.4, -0.2) is 31.3 Å². The van der Waals surface area contributed by atoms with Crippen LogP contribution in [0.1, 0.15) is 29.8 Å². The molecule has 0 aliphatic rings. The largest absolute Gasteiger partial charge is 0.465 e. The van der Waals surface area contributed by atoms with Gasteiger partial charge in [0.2, 0.25) is 0 Å². The summed E-state index contributed by atoms with van der Waals surface area (Å²) >= 11 is 0. The molecule has 0 fully saturated rings. The van der Waals surface area contributed by atoms with Crippen molar-refractivity contribution < 1.29 is 23.8 Å². The summed E-state index contributed by atoms with van der Waals surface area (Å²) in [5, 5.41) is 0. The Morgan fingerprint density at radius 1 is 0.962 bits per heavy atom. The molecular formula is C21H22O5. The highest BCUT2D eigenvalue weighted by Gasteiger charge is 2.10. The molecule has 0 N–H and O–H groups in total. The van der Waals surface area contributed by atoms with Crippen LogP contribution in [-0.2, 0) is 14.3 Å². The number of ketones is 1. The smallest absolute Gasteiger partial charge is 0.333 e. The molecule has 0 heterocycles. The lowest BCUT2D eigenvalue weighted by Gasteiger charge is -2.15. The number of ether oxygens (including phenoxy) is 3. The van der Waals surface area contributed by atoms with Crippen molar-refractivity contribution in [3.05, 3.63) is 77.9 Å². The van der Waals surface area contributed by atoms with Crippen LogP contribution >= 0.6 is 0 Å². The maximum absolute atomic E-state index is 12.3. The Kier molecular flexibility index (Phi) is 7.12. The molecule has 0 aliphatic carbocycles. The summed E-state index contributed by atoms with van der Waals surface area (Å²) < 4.78 is 16.0. The van der Waals surface area contributed by atoms with Crippen LogP contribution in [0, 0.1) is 0 Å². The van der Waals surface area contributed by atoms with Crippen LogP contribution in [0.5, 0.6) is 5.75 Å². The fourth-order valence-electron chi connectivity index (χ4n) is 2.14. The van der Waals surface area contributed by atoms with Gasteiger partial charge in [-0.05, 0) is 38.1 Å². The number of hydrogen-bond acceptors (Lipinski definition) is 5. The highest BCUT2D eigenvalue weighted by Crippen LogP contribution is 2.17. The quantitative estimate of drug-likeness (QED) is 0.225. The molecule has 0 radical (unpaired) electrons. The summed E-state index contributed by atoms with van der Waals surface area (Å²) in [6.45, 7) is 7.17. The van der Waals surface area contributed by atoms with E-state index >= 15 is 0 Å². The number of carbonyl (C=O) groups excluding carboxylic acids is 2. The molecule has 2 aromatic carbocycles. The monoisotopic (exact) mass is 354 g/mol. The van der Waals surface area contributed by atoms with Gasteiger partial charge in [-0.2, -0.15) is 0 Å². The van der Waals surface area contributed by atoms with Crippen molar-refractivity contribution in [1.29, 1.82) is 0 Å². The minimum absolute atomic E-state index is 0.0409. The number of benzene rings is 2. The van der Waals surface area contributed by atoms with Crippen molar-refractivity contribution >= 4 is 11.8 Å². The van der Waals surface area contributed by atoms with Crippen molar-refractivity contribution in [2.45, 2.75) is 20.1 Å². The van der Waals surface area contributed by atoms with Gasteiger partial charge in [-0.1, -0.05) is 36.9 Å². The summed E-state index contributed by atoms with van der Waals surface area (Å²) in [7, 11) is 0. The van der Waals surface area contributed by atoms with E-state index in [1.807, 2.05) is 18.2 Å². The number of hydrogen-bond donors (Lipinski definition) is 0. The van der Waals surface area contributed by atoms with Crippen LogP contribution in [0.2, 0.25) is 0 Å². The van der Waals surface area contributed by atoms with E-state index in [4.69, 9.17) is 14.2 Å². The maximum atomic E-state index is 12.3. The molecule has 1 unspecified atom stereocenters. The molecule has 26 heavy (non-hydrogen) atoms. The van der Waals surface area contributed by atoms with E-state index in [2.05, 4.69) is 6.58 Å². The third-order valence-corrected chi connectivity index (χ3v) is 3.47. The van der Waals surface area contributed by atoms with E-state index in [0.29, 0.717) is 22.4 Å². The third-order valence-electron chi connectivity index (χ3n) is 3.47. The van der Waals surface area contributed by atoms with Gasteiger partial charge in [0, 0.05) is 16.7 Å². The average molecular weight is 354 g/mol. The van der Waals surface area contributed by atoms with Gasteiger partial charge in [0.15, 0.2) is 12.1 Å². The van der Waals surface area contributed by atoms with E-state index < -0.39 is 12.3 Å². The molecule has 2 rings (SSSR count). The van der Waals surface area contributed by atoms with Gasteiger partial charge < -0.3 is 14.2 Å². The van der Waals surface area contributed by atoms with Gasteiger partial charge >= 0.3 is 5.97 Å². The first-order valence-electron chi connectivity index (χ1n) is 8.28. The maximum Gasteiger partial charge on any atom is 0.333 e. The Bertz CT molecular complexity index is 750. The fraction of sp³-hybridized carbons (Fsp3) is 0.238. The lowest BCUT2D eigenvalue weighted by atomic mass is 10.0. The van der Waals surface area contributed by atoms with Gasteiger partial charge in [-0.15, -0.1) is 0 Å². The molecule has 5 nitrogen and oxygen atoms in total. The molecule has 5 heteroatoms. The fourth-order valence-corrected chi connectivity index (χ4v) is 2.14. The number of esters is 1. The van der Waals surface area contributed by atoms with Crippen LogP contribution < -0.4 is 4.74 Å². The standard InChI is InChI=1S/C21H22O5/c1-15(2)21(23)25-14-13-24-16(3)26-19-11-9-18(10-12-19)20(22)17-7-5-4-6-8-17/h4-12,16H,1,13-14H2,2-3H3. The molecule has 1 atom stereocenters. The first-order valence-corrected chi connectivity index (χ1v) is 8.28. The van der Waals surface area contributed by atoms with E-state index in [9.17, 15) is 9.59 Å². The summed E-state index contributed by atoms with van der Waals surface area (Å²) in [6, 6.07) is 16.0. The average Bonchev–Trinajstić information content (AvgIpc) is 2.65. The van der Waals surface area contributed by atoms with Crippen molar-refractivity contribution in [2.24, 2.45) is 0 Å². The van der Waals surface area contributed by atoms with Crippen LogP contribution in [0.3, 0.4) is 0 Å². The summed E-state index contributed by atoms with van der Waals surface area (Å²) in [5.74, 6) is 0.0997. The summed E-state index contributed by atoms with van der Waals surface area (Å²) in [5.41, 5.74) is 1.57. The van der Waals surface area contributed by atoms with Gasteiger partial charge in [0.25, 0.3) is 0 Å².